The van der Waals surface area contributed by atoms with E-state index in [2.05, 4.69) is 15.5 Å². The van der Waals surface area contributed by atoms with Crippen molar-refractivity contribution in [2.24, 2.45) is 0 Å². The molecule has 6 heteroatoms. The van der Waals surface area contributed by atoms with Crippen molar-refractivity contribution in [1.29, 1.82) is 0 Å². The number of likely N-dealkylation sites (tertiary alicyclic amines) is 1. The van der Waals surface area contributed by atoms with Crippen molar-refractivity contribution in [3.63, 3.8) is 0 Å². The molecule has 0 bridgehead atoms. The number of nitrogens with zero attached hydrogens (tertiary/aromatic N) is 4. The molecule has 0 radical (unpaired) electrons. The maximum absolute atomic E-state index is 12.5. The molecule has 1 amide bonds. The Bertz CT molecular complexity index is 653. The van der Waals surface area contributed by atoms with Crippen LogP contribution in [0, 0.1) is 0 Å². The van der Waals surface area contributed by atoms with Crippen LogP contribution in [0.25, 0.3) is 0 Å². The lowest BCUT2D eigenvalue weighted by Gasteiger charge is -2.39. The van der Waals surface area contributed by atoms with Gasteiger partial charge in [0.25, 0.3) is 5.91 Å². The first-order chi connectivity index (χ1) is 10.6. The predicted octanol–water partition coefficient (Wildman–Crippen LogP) is 1.48. The van der Waals surface area contributed by atoms with Crippen LogP contribution in [-0.2, 0) is 0 Å². The van der Waals surface area contributed by atoms with Gasteiger partial charge < -0.3 is 15.1 Å². The van der Waals surface area contributed by atoms with Crippen molar-refractivity contribution in [1.82, 2.24) is 15.1 Å². The van der Waals surface area contributed by atoms with Gasteiger partial charge in [-0.2, -0.15) is 5.10 Å². The molecule has 114 valence electrons. The molecule has 0 atom stereocenters. The number of carbonyl (C=O) groups excluding carboxylic acids is 1. The largest absolute Gasteiger partial charge is 0.378 e. The molecule has 0 aliphatic carbocycles. The third-order valence-corrected chi connectivity index (χ3v) is 3.70. The Morgan fingerprint density at radius 1 is 1.27 bits per heavy atom. The quantitative estimate of drug-likeness (QED) is 0.926. The lowest BCUT2D eigenvalue weighted by atomic mass is 10.1. The van der Waals surface area contributed by atoms with E-state index in [9.17, 15) is 4.79 Å². The maximum atomic E-state index is 12.5. The van der Waals surface area contributed by atoms with Crippen LogP contribution in [0.3, 0.4) is 0 Å². The van der Waals surface area contributed by atoms with E-state index in [1.54, 1.807) is 6.20 Å². The summed E-state index contributed by atoms with van der Waals surface area (Å²) in [6, 6.07) is 11.6. The van der Waals surface area contributed by atoms with E-state index in [1.165, 1.54) is 0 Å². The molecule has 1 aliphatic rings. The van der Waals surface area contributed by atoms with Crippen LogP contribution in [0.2, 0.25) is 0 Å². The van der Waals surface area contributed by atoms with E-state index in [1.807, 2.05) is 60.3 Å². The third-order valence-electron chi connectivity index (χ3n) is 3.70. The minimum absolute atomic E-state index is 0.0703. The number of hydrogen-bond donors (Lipinski definition) is 1. The Labute approximate surface area is 129 Å². The summed E-state index contributed by atoms with van der Waals surface area (Å²) in [4.78, 5) is 16.3. The first-order valence-corrected chi connectivity index (χ1v) is 7.24. The molecule has 6 nitrogen and oxygen atoms in total. The van der Waals surface area contributed by atoms with Gasteiger partial charge in [0.1, 0.15) is 5.82 Å². The first kappa shape index (κ1) is 14.3. The standard InChI is InChI=1S/C16H19N5O/c1-20(2)14-6-3-5-12(9-14)16(22)21-10-13(11-21)18-15-7-4-8-17-19-15/h3-9,13H,10-11H2,1-2H3,(H,18,19). The molecular formula is C16H19N5O. The molecule has 1 aromatic carbocycles. The summed E-state index contributed by atoms with van der Waals surface area (Å²) in [6.07, 6.45) is 1.64. The molecule has 1 aliphatic heterocycles. The minimum atomic E-state index is 0.0703. The Balaban J connectivity index is 1.58. The van der Waals surface area contributed by atoms with E-state index < -0.39 is 0 Å². The van der Waals surface area contributed by atoms with Crippen LogP contribution < -0.4 is 10.2 Å². The Morgan fingerprint density at radius 2 is 2.09 bits per heavy atom. The maximum Gasteiger partial charge on any atom is 0.254 e. The number of amides is 1. The average molecular weight is 297 g/mol. The van der Waals surface area contributed by atoms with E-state index in [-0.39, 0.29) is 11.9 Å². The van der Waals surface area contributed by atoms with Crippen molar-refractivity contribution in [2.75, 3.05) is 37.4 Å². The molecule has 2 heterocycles. The number of hydrogen-bond acceptors (Lipinski definition) is 5. The van der Waals surface area contributed by atoms with Gasteiger partial charge in [-0.3, -0.25) is 4.79 Å². The van der Waals surface area contributed by atoms with E-state index in [0.717, 1.165) is 17.1 Å². The second-order valence-corrected chi connectivity index (χ2v) is 5.61. The van der Waals surface area contributed by atoms with Gasteiger partial charge in [0.15, 0.2) is 0 Å². The molecular weight excluding hydrogens is 278 g/mol. The van der Waals surface area contributed by atoms with Crippen molar-refractivity contribution < 1.29 is 4.79 Å². The number of anilines is 2. The topological polar surface area (TPSA) is 61.4 Å². The first-order valence-electron chi connectivity index (χ1n) is 7.24. The molecule has 0 saturated carbocycles. The molecule has 1 fully saturated rings. The van der Waals surface area contributed by atoms with Gasteiger partial charge in [-0.1, -0.05) is 6.07 Å². The van der Waals surface area contributed by atoms with Crippen molar-refractivity contribution in [2.45, 2.75) is 6.04 Å². The zero-order valence-electron chi connectivity index (χ0n) is 12.7. The number of rotatable bonds is 4. The van der Waals surface area contributed by atoms with Gasteiger partial charge >= 0.3 is 0 Å². The SMILES string of the molecule is CN(C)c1cccc(C(=O)N2CC(Nc3cccnn3)C2)c1. The van der Waals surface area contributed by atoms with Crippen LogP contribution in [0.15, 0.2) is 42.6 Å². The highest BCUT2D eigenvalue weighted by Gasteiger charge is 2.31. The second-order valence-electron chi connectivity index (χ2n) is 5.61. The fraction of sp³-hybridized carbons (Fsp3) is 0.312. The zero-order valence-corrected chi connectivity index (χ0v) is 12.7. The lowest BCUT2D eigenvalue weighted by Crippen LogP contribution is -2.57. The van der Waals surface area contributed by atoms with E-state index in [4.69, 9.17) is 0 Å². The van der Waals surface area contributed by atoms with Gasteiger partial charge in [0, 0.05) is 44.6 Å². The van der Waals surface area contributed by atoms with Crippen molar-refractivity contribution >= 4 is 17.4 Å². The van der Waals surface area contributed by atoms with E-state index in [0.29, 0.717) is 13.1 Å². The Kier molecular flexibility index (Phi) is 3.91. The molecule has 1 aromatic heterocycles. The summed E-state index contributed by atoms with van der Waals surface area (Å²) < 4.78 is 0. The average Bonchev–Trinajstić information content (AvgIpc) is 2.51. The van der Waals surface area contributed by atoms with Gasteiger partial charge in [0.05, 0.1) is 6.04 Å². The third kappa shape index (κ3) is 3.00. The van der Waals surface area contributed by atoms with Gasteiger partial charge in [0.2, 0.25) is 0 Å². The summed E-state index contributed by atoms with van der Waals surface area (Å²) in [5.74, 6) is 0.815. The van der Waals surface area contributed by atoms with Crippen molar-refractivity contribution in [3.05, 3.63) is 48.2 Å². The zero-order chi connectivity index (χ0) is 15.5. The molecule has 1 N–H and O–H groups in total. The minimum Gasteiger partial charge on any atom is -0.378 e. The summed E-state index contributed by atoms with van der Waals surface area (Å²) in [5.41, 5.74) is 1.75. The van der Waals surface area contributed by atoms with Crippen LogP contribution in [-0.4, -0.2) is 54.2 Å². The predicted molar refractivity (Wildman–Crippen MR) is 86.1 cm³/mol. The van der Waals surface area contributed by atoms with Gasteiger partial charge in [-0.05, 0) is 30.3 Å². The summed E-state index contributed by atoms with van der Waals surface area (Å²) in [6.45, 7) is 1.36. The van der Waals surface area contributed by atoms with Gasteiger partial charge in [-0.25, -0.2) is 0 Å². The fourth-order valence-electron chi connectivity index (χ4n) is 2.42. The molecule has 22 heavy (non-hydrogen) atoms. The highest BCUT2D eigenvalue weighted by molar-refractivity contribution is 5.95. The van der Waals surface area contributed by atoms with Crippen molar-refractivity contribution in [3.8, 4) is 0 Å². The van der Waals surface area contributed by atoms with Crippen LogP contribution in [0.5, 0.6) is 0 Å². The Hall–Kier alpha value is -2.63. The highest BCUT2D eigenvalue weighted by atomic mass is 16.2. The fourth-order valence-corrected chi connectivity index (χ4v) is 2.42. The number of benzene rings is 1. The molecule has 0 spiro atoms. The second kappa shape index (κ2) is 6.01. The van der Waals surface area contributed by atoms with E-state index >= 15 is 0 Å². The van der Waals surface area contributed by atoms with Crippen LogP contribution in [0.4, 0.5) is 11.5 Å². The smallest absolute Gasteiger partial charge is 0.254 e. The van der Waals surface area contributed by atoms with Crippen LogP contribution in [0.1, 0.15) is 10.4 Å². The normalized spacial score (nSPS) is 14.4. The molecule has 1 saturated heterocycles. The molecule has 2 aromatic rings. The summed E-state index contributed by atoms with van der Waals surface area (Å²) >= 11 is 0. The van der Waals surface area contributed by atoms with Crippen LogP contribution >= 0.6 is 0 Å². The molecule has 3 rings (SSSR count). The number of aromatic nitrogens is 2. The summed E-state index contributed by atoms with van der Waals surface area (Å²) in [5, 5.41) is 11.1. The van der Waals surface area contributed by atoms with Gasteiger partial charge in [-0.15, -0.1) is 5.10 Å². The number of nitrogens with one attached hydrogen (secondary N) is 1. The lowest BCUT2D eigenvalue weighted by molar-refractivity contribution is 0.0625. The Morgan fingerprint density at radius 3 is 2.77 bits per heavy atom. The molecule has 0 unspecified atom stereocenters. The number of carbonyl (C=O) groups is 1. The summed E-state index contributed by atoms with van der Waals surface area (Å²) in [7, 11) is 3.93. The highest BCUT2D eigenvalue weighted by Crippen LogP contribution is 2.19. The monoisotopic (exact) mass is 297 g/mol.